The number of hydrogen-bond donors (Lipinski definition) is 2. The number of imidazole rings is 1. The van der Waals surface area contributed by atoms with Crippen LogP contribution in [0.15, 0.2) is 18.3 Å². The second kappa shape index (κ2) is 6.98. The Morgan fingerprint density at radius 1 is 1.19 bits per heavy atom. The van der Waals surface area contributed by atoms with Gasteiger partial charge < -0.3 is 15.6 Å². The van der Waals surface area contributed by atoms with E-state index in [1.165, 1.54) is 6.07 Å². The number of primary amides is 1. The Labute approximate surface area is 177 Å². The first kappa shape index (κ1) is 20.4. The van der Waals surface area contributed by atoms with Crippen molar-refractivity contribution >= 4 is 22.6 Å². The fourth-order valence-electron chi connectivity index (χ4n) is 5.36. The monoisotopic (exact) mass is 433 g/mol. The van der Waals surface area contributed by atoms with Crippen LogP contribution in [0, 0.1) is 5.82 Å². The Hall–Kier alpha value is -2.55. The molecule has 3 N–H and O–H groups in total. The summed E-state index contributed by atoms with van der Waals surface area (Å²) < 4.78 is 42.6. The molecule has 0 spiro atoms. The second-order valence-electron chi connectivity index (χ2n) is 9.34. The van der Waals surface area contributed by atoms with Gasteiger partial charge in [-0.1, -0.05) is 6.92 Å². The van der Waals surface area contributed by atoms with Crippen LogP contribution in [0.3, 0.4) is 0 Å². The molecule has 0 atom stereocenters. The summed E-state index contributed by atoms with van der Waals surface area (Å²) in [6, 6.07) is 2.70. The zero-order valence-electron chi connectivity index (χ0n) is 17.4. The molecule has 2 aromatic heterocycles. The van der Waals surface area contributed by atoms with E-state index in [0.29, 0.717) is 23.9 Å². The van der Waals surface area contributed by atoms with Gasteiger partial charge in [0.05, 0.1) is 17.3 Å². The Kier molecular flexibility index (Phi) is 4.58. The van der Waals surface area contributed by atoms with E-state index < -0.39 is 17.6 Å². The molecule has 2 aliphatic rings. The molecule has 1 aliphatic heterocycles. The maximum atomic E-state index is 14.0. The standard InChI is InChI=1S/C22H26F3N5O/c1-21(6-8-29(9-7-21)14-2-4-22(24,25)5-3-14)16-12-27-30-18-15(19(26)31)10-13(23)11-17(18)28-20(16)30/h10-12,14,28H,2-9H2,1H3,(H2,26,31). The van der Waals surface area contributed by atoms with Crippen molar-refractivity contribution in [3.8, 4) is 0 Å². The number of rotatable bonds is 3. The molecule has 2 fully saturated rings. The van der Waals surface area contributed by atoms with Crippen molar-refractivity contribution in [1.82, 2.24) is 19.5 Å². The minimum absolute atomic E-state index is 0.0245. The molecule has 1 saturated carbocycles. The lowest BCUT2D eigenvalue weighted by atomic mass is 9.75. The molecule has 3 heterocycles. The molecule has 9 heteroatoms. The average Bonchev–Trinajstić information content (AvgIpc) is 3.27. The van der Waals surface area contributed by atoms with Gasteiger partial charge in [-0.05, 0) is 50.9 Å². The maximum Gasteiger partial charge on any atom is 0.251 e. The zero-order chi connectivity index (χ0) is 22.0. The minimum atomic E-state index is -2.51. The van der Waals surface area contributed by atoms with Crippen LogP contribution in [0.2, 0.25) is 0 Å². The number of nitrogens with zero attached hydrogens (tertiary/aromatic N) is 3. The molecule has 31 heavy (non-hydrogen) atoms. The van der Waals surface area contributed by atoms with Gasteiger partial charge in [0.15, 0.2) is 0 Å². The van der Waals surface area contributed by atoms with Gasteiger partial charge >= 0.3 is 0 Å². The SMILES string of the molecule is CC1(c2cnn3c2[nH]c2cc(F)cc(C(N)=O)c23)CCN(C2CCC(F)(F)CC2)CC1. The number of aromatic amines is 1. The first-order valence-electron chi connectivity index (χ1n) is 10.8. The number of halogens is 3. The molecule has 1 saturated heterocycles. The summed E-state index contributed by atoms with van der Waals surface area (Å²) in [5.41, 5.74) is 8.08. The third-order valence-corrected chi connectivity index (χ3v) is 7.33. The predicted molar refractivity (Wildman–Crippen MR) is 111 cm³/mol. The number of benzene rings is 1. The third-order valence-electron chi connectivity index (χ3n) is 7.33. The van der Waals surface area contributed by atoms with E-state index in [1.54, 1.807) is 10.7 Å². The normalized spacial score (nSPS) is 22.3. The first-order valence-corrected chi connectivity index (χ1v) is 10.8. The molecule has 0 bridgehead atoms. The molecule has 0 unspecified atom stereocenters. The lowest BCUT2D eigenvalue weighted by molar-refractivity contribution is -0.0572. The van der Waals surface area contributed by atoms with Crippen molar-refractivity contribution in [3.63, 3.8) is 0 Å². The smallest absolute Gasteiger partial charge is 0.251 e. The predicted octanol–water partition coefficient (Wildman–Crippen LogP) is 3.99. The summed E-state index contributed by atoms with van der Waals surface area (Å²) in [6.07, 6.45) is 4.58. The molecule has 3 aromatic rings. The van der Waals surface area contributed by atoms with E-state index in [0.717, 1.165) is 43.2 Å². The first-order chi connectivity index (χ1) is 14.7. The van der Waals surface area contributed by atoms with Crippen LogP contribution >= 0.6 is 0 Å². The van der Waals surface area contributed by atoms with E-state index >= 15 is 0 Å². The van der Waals surface area contributed by atoms with Gasteiger partial charge in [0.1, 0.15) is 17.0 Å². The highest BCUT2D eigenvalue weighted by molar-refractivity contribution is 6.05. The highest BCUT2D eigenvalue weighted by atomic mass is 19.3. The largest absolute Gasteiger partial charge is 0.366 e. The van der Waals surface area contributed by atoms with Crippen molar-refractivity contribution in [2.45, 2.75) is 62.8 Å². The van der Waals surface area contributed by atoms with Gasteiger partial charge in [0, 0.05) is 29.9 Å². The van der Waals surface area contributed by atoms with Gasteiger partial charge in [-0.3, -0.25) is 4.79 Å². The summed E-state index contributed by atoms with van der Waals surface area (Å²) in [4.78, 5) is 17.4. The Morgan fingerprint density at radius 2 is 1.87 bits per heavy atom. The van der Waals surface area contributed by atoms with Crippen LogP contribution in [0.1, 0.15) is 61.4 Å². The fourth-order valence-corrected chi connectivity index (χ4v) is 5.36. The highest BCUT2D eigenvalue weighted by Crippen LogP contribution is 2.41. The van der Waals surface area contributed by atoms with Gasteiger partial charge in [-0.2, -0.15) is 5.10 Å². The summed E-state index contributed by atoms with van der Waals surface area (Å²) in [7, 11) is 0. The Bertz CT molecular complexity index is 1150. The molecule has 1 amide bonds. The van der Waals surface area contributed by atoms with Crippen LogP contribution in [0.4, 0.5) is 13.2 Å². The molecule has 1 aromatic carbocycles. The van der Waals surface area contributed by atoms with Crippen LogP contribution in [0.25, 0.3) is 16.7 Å². The summed E-state index contributed by atoms with van der Waals surface area (Å²) >= 11 is 0. The molecule has 166 valence electrons. The van der Waals surface area contributed by atoms with Crippen LogP contribution in [-0.2, 0) is 5.41 Å². The maximum absolute atomic E-state index is 14.0. The van der Waals surface area contributed by atoms with E-state index in [9.17, 15) is 18.0 Å². The lowest BCUT2D eigenvalue weighted by Gasteiger charge is -2.44. The summed E-state index contributed by atoms with van der Waals surface area (Å²) in [5.74, 6) is -3.76. The lowest BCUT2D eigenvalue weighted by Crippen LogP contribution is -2.48. The number of piperidine rings is 1. The Morgan fingerprint density at radius 3 is 2.52 bits per heavy atom. The van der Waals surface area contributed by atoms with Gasteiger partial charge in [0.25, 0.3) is 5.91 Å². The molecular weight excluding hydrogens is 407 g/mol. The highest BCUT2D eigenvalue weighted by Gasteiger charge is 2.40. The average molecular weight is 433 g/mol. The van der Waals surface area contributed by atoms with E-state index in [2.05, 4.69) is 21.9 Å². The molecule has 6 nitrogen and oxygen atoms in total. The number of nitrogens with two attached hydrogens (primary N) is 1. The van der Waals surface area contributed by atoms with Crippen molar-refractivity contribution in [2.24, 2.45) is 5.73 Å². The number of amides is 1. The number of aromatic nitrogens is 3. The van der Waals surface area contributed by atoms with Gasteiger partial charge in [-0.25, -0.2) is 17.7 Å². The van der Waals surface area contributed by atoms with Crippen LogP contribution in [0.5, 0.6) is 0 Å². The number of alkyl halides is 2. The number of hydrogen-bond acceptors (Lipinski definition) is 3. The third kappa shape index (κ3) is 3.39. The van der Waals surface area contributed by atoms with Gasteiger partial charge in [0.2, 0.25) is 5.92 Å². The van der Waals surface area contributed by atoms with Crippen molar-refractivity contribution in [2.75, 3.05) is 13.1 Å². The zero-order valence-corrected chi connectivity index (χ0v) is 17.4. The quantitative estimate of drug-likeness (QED) is 0.656. The van der Waals surface area contributed by atoms with Crippen LogP contribution in [-0.4, -0.2) is 50.5 Å². The van der Waals surface area contributed by atoms with E-state index in [1.807, 2.05) is 0 Å². The van der Waals surface area contributed by atoms with Gasteiger partial charge in [-0.15, -0.1) is 0 Å². The number of fused-ring (bicyclic) bond motifs is 3. The second-order valence-corrected chi connectivity index (χ2v) is 9.34. The topological polar surface area (TPSA) is 79.4 Å². The minimum Gasteiger partial charge on any atom is -0.366 e. The summed E-state index contributed by atoms with van der Waals surface area (Å²) in [6.45, 7) is 3.86. The molecule has 1 aliphatic carbocycles. The summed E-state index contributed by atoms with van der Waals surface area (Å²) in [5, 5.41) is 4.48. The Balaban J connectivity index is 1.42. The number of likely N-dealkylation sites (tertiary alicyclic amines) is 1. The van der Waals surface area contributed by atoms with E-state index in [4.69, 9.17) is 5.73 Å². The van der Waals surface area contributed by atoms with Crippen molar-refractivity contribution in [3.05, 3.63) is 35.3 Å². The van der Waals surface area contributed by atoms with Crippen molar-refractivity contribution in [1.29, 1.82) is 0 Å². The number of H-pyrrole nitrogens is 1. The molecule has 5 rings (SSSR count). The number of carbonyl (C=O) groups excluding carboxylic acids is 1. The molecule has 0 radical (unpaired) electrons. The number of nitrogens with one attached hydrogen (secondary N) is 1. The number of carbonyl (C=O) groups is 1. The van der Waals surface area contributed by atoms with Crippen LogP contribution < -0.4 is 5.73 Å². The van der Waals surface area contributed by atoms with E-state index in [-0.39, 0.29) is 29.9 Å². The molecular formula is C22H26F3N5O. The fraction of sp³-hybridized carbons (Fsp3) is 0.545. The van der Waals surface area contributed by atoms with Crippen molar-refractivity contribution < 1.29 is 18.0 Å².